The highest BCUT2D eigenvalue weighted by molar-refractivity contribution is 9.10. The average Bonchev–Trinajstić information content (AvgIpc) is 2.00. The molecular weight excluding hydrogens is 251 g/mol. The zero-order valence-electron chi connectivity index (χ0n) is 7.72. The molecule has 1 fully saturated rings. The number of hydrogen-bond donors (Lipinski definition) is 0. The molecular formula is C10H10BrFO2. The van der Waals surface area contributed by atoms with Crippen LogP contribution in [0.1, 0.15) is 11.5 Å². The van der Waals surface area contributed by atoms with Gasteiger partial charge in [-0.1, -0.05) is 0 Å². The van der Waals surface area contributed by atoms with Crippen LogP contribution in [-0.4, -0.2) is 20.3 Å². The SMILES string of the molecule is COc1c(F)cc(C2COC2)cc1Br. The molecule has 0 aromatic heterocycles. The van der Waals surface area contributed by atoms with E-state index in [1.54, 1.807) is 0 Å². The largest absolute Gasteiger partial charge is 0.492 e. The number of hydrogen-bond acceptors (Lipinski definition) is 2. The highest BCUT2D eigenvalue weighted by atomic mass is 79.9. The van der Waals surface area contributed by atoms with Gasteiger partial charge in [0.05, 0.1) is 24.8 Å². The topological polar surface area (TPSA) is 18.5 Å². The fourth-order valence-electron chi connectivity index (χ4n) is 1.44. The molecule has 0 unspecified atom stereocenters. The molecule has 1 aromatic carbocycles. The zero-order chi connectivity index (χ0) is 10.1. The van der Waals surface area contributed by atoms with Gasteiger partial charge in [-0.05, 0) is 33.6 Å². The number of ether oxygens (including phenoxy) is 2. The summed E-state index contributed by atoms with van der Waals surface area (Å²) in [6, 6.07) is 3.39. The van der Waals surface area contributed by atoms with Crippen molar-refractivity contribution in [1.29, 1.82) is 0 Å². The van der Waals surface area contributed by atoms with Gasteiger partial charge in [0.2, 0.25) is 0 Å². The van der Waals surface area contributed by atoms with Crippen molar-refractivity contribution in [2.75, 3.05) is 20.3 Å². The first-order chi connectivity index (χ1) is 6.72. The molecule has 14 heavy (non-hydrogen) atoms. The quantitative estimate of drug-likeness (QED) is 0.814. The fourth-order valence-corrected chi connectivity index (χ4v) is 2.05. The van der Waals surface area contributed by atoms with Crippen LogP contribution < -0.4 is 4.74 Å². The predicted molar refractivity (Wildman–Crippen MR) is 54.2 cm³/mol. The maximum Gasteiger partial charge on any atom is 0.168 e. The molecule has 0 saturated carbocycles. The molecule has 2 rings (SSSR count). The summed E-state index contributed by atoms with van der Waals surface area (Å²) in [4.78, 5) is 0. The maximum absolute atomic E-state index is 13.4. The molecule has 0 aliphatic carbocycles. The van der Waals surface area contributed by atoms with Crippen molar-refractivity contribution in [3.63, 3.8) is 0 Å². The molecule has 0 bridgehead atoms. The van der Waals surface area contributed by atoms with E-state index in [1.165, 1.54) is 13.2 Å². The number of benzene rings is 1. The second-order valence-corrected chi connectivity index (χ2v) is 4.11. The van der Waals surface area contributed by atoms with Crippen molar-refractivity contribution in [3.05, 3.63) is 28.0 Å². The third kappa shape index (κ3) is 1.64. The van der Waals surface area contributed by atoms with E-state index in [1.807, 2.05) is 6.07 Å². The normalized spacial score (nSPS) is 16.5. The van der Waals surface area contributed by atoms with Crippen LogP contribution in [0.2, 0.25) is 0 Å². The third-order valence-electron chi connectivity index (χ3n) is 2.33. The second kappa shape index (κ2) is 3.87. The van der Waals surface area contributed by atoms with Crippen LogP contribution >= 0.6 is 15.9 Å². The molecule has 0 N–H and O–H groups in total. The second-order valence-electron chi connectivity index (χ2n) is 3.25. The summed E-state index contributed by atoms with van der Waals surface area (Å²) in [6.45, 7) is 1.36. The van der Waals surface area contributed by atoms with Crippen molar-refractivity contribution in [2.24, 2.45) is 0 Å². The smallest absolute Gasteiger partial charge is 0.168 e. The van der Waals surface area contributed by atoms with Crippen molar-refractivity contribution >= 4 is 15.9 Å². The minimum Gasteiger partial charge on any atom is -0.492 e. The molecule has 1 aromatic rings. The van der Waals surface area contributed by atoms with Gasteiger partial charge in [0.15, 0.2) is 11.6 Å². The van der Waals surface area contributed by atoms with Gasteiger partial charge in [-0.3, -0.25) is 0 Å². The monoisotopic (exact) mass is 260 g/mol. The molecule has 0 spiro atoms. The van der Waals surface area contributed by atoms with Crippen LogP contribution in [0.15, 0.2) is 16.6 Å². The summed E-state index contributed by atoms with van der Waals surface area (Å²) in [7, 11) is 1.45. The Labute approximate surface area is 90.1 Å². The summed E-state index contributed by atoms with van der Waals surface area (Å²) < 4.78 is 24.1. The summed E-state index contributed by atoms with van der Waals surface area (Å²) in [5, 5.41) is 0. The van der Waals surface area contributed by atoms with E-state index in [4.69, 9.17) is 9.47 Å². The molecule has 1 aliphatic rings. The van der Waals surface area contributed by atoms with Crippen LogP contribution in [-0.2, 0) is 4.74 Å². The van der Waals surface area contributed by atoms with E-state index in [0.717, 1.165) is 5.56 Å². The minimum absolute atomic E-state index is 0.258. The number of rotatable bonds is 2. The van der Waals surface area contributed by atoms with Gasteiger partial charge in [-0.15, -0.1) is 0 Å². The Hall–Kier alpha value is -0.610. The lowest BCUT2D eigenvalue weighted by atomic mass is 9.97. The fraction of sp³-hybridized carbons (Fsp3) is 0.400. The van der Waals surface area contributed by atoms with Gasteiger partial charge in [-0.2, -0.15) is 0 Å². The molecule has 0 atom stereocenters. The first-order valence-corrected chi connectivity index (χ1v) is 5.12. The molecule has 2 nitrogen and oxygen atoms in total. The Morgan fingerprint density at radius 2 is 2.21 bits per heavy atom. The summed E-state index contributed by atoms with van der Waals surface area (Å²) >= 11 is 3.27. The van der Waals surface area contributed by atoms with Crippen LogP contribution in [0.4, 0.5) is 4.39 Å². The Bertz CT molecular complexity index is 327. The molecule has 1 aliphatic heterocycles. The van der Waals surface area contributed by atoms with Crippen molar-refractivity contribution in [2.45, 2.75) is 5.92 Å². The summed E-state index contributed by atoms with van der Waals surface area (Å²) in [5.41, 5.74) is 0.960. The molecule has 0 amide bonds. The Kier molecular flexibility index (Phi) is 2.74. The minimum atomic E-state index is -0.330. The first-order valence-electron chi connectivity index (χ1n) is 4.33. The van der Waals surface area contributed by atoms with E-state index >= 15 is 0 Å². The molecule has 0 radical (unpaired) electrons. The van der Waals surface area contributed by atoms with Crippen LogP contribution in [0.25, 0.3) is 0 Å². The molecule has 1 saturated heterocycles. The van der Waals surface area contributed by atoms with Crippen LogP contribution in [0.3, 0.4) is 0 Å². The lowest BCUT2D eigenvalue weighted by Gasteiger charge is -2.26. The molecule has 4 heteroatoms. The van der Waals surface area contributed by atoms with Crippen LogP contribution in [0, 0.1) is 5.82 Å². The maximum atomic E-state index is 13.4. The Morgan fingerprint density at radius 3 is 2.64 bits per heavy atom. The number of halogens is 2. The van der Waals surface area contributed by atoms with E-state index < -0.39 is 0 Å². The lowest BCUT2D eigenvalue weighted by molar-refractivity contribution is 0.00827. The Morgan fingerprint density at radius 1 is 1.50 bits per heavy atom. The highest BCUT2D eigenvalue weighted by Crippen LogP contribution is 2.34. The van der Waals surface area contributed by atoms with Crippen molar-refractivity contribution in [1.82, 2.24) is 0 Å². The average molecular weight is 261 g/mol. The van der Waals surface area contributed by atoms with E-state index in [2.05, 4.69) is 15.9 Å². The predicted octanol–water partition coefficient (Wildman–Crippen LogP) is 2.71. The van der Waals surface area contributed by atoms with Gasteiger partial charge < -0.3 is 9.47 Å². The Balaban J connectivity index is 2.35. The van der Waals surface area contributed by atoms with Crippen molar-refractivity contribution < 1.29 is 13.9 Å². The van der Waals surface area contributed by atoms with Crippen LogP contribution in [0.5, 0.6) is 5.75 Å². The lowest BCUT2D eigenvalue weighted by Crippen LogP contribution is -2.25. The standard InChI is InChI=1S/C10H10BrFO2/c1-13-10-8(11)2-6(3-9(10)12)7-4-14-5-7/h2-3,7H,4-5H2,1H3. The third-order valence-corrected chi connectivity index (χ3v) is 2.92. The van der Waals surface area contributed by atoms with Gasteiger partial charge in [0.1, 0.15) is 0 Å². The van der Waals surface area contributed by atoms with Gasteiger partial charge >= 0.3 is 0 Å². The van der Waals surface area contributed by atoms with Gasteiger partial charge in [-0.25, -0.2) is 4.39 Å². The molecule has 1 heterocycles. The van der Waals surface area contributed by atoms with E-state index in [0.29, 0.717) is 23.6 Å². The first kappa shape index (κ1) is 9.93. The zero-order valence-corrected chi connectivity index (χ0v) is 9.30. The highest BCUT2D eigenvalue weighted by Gasteiger charge is 2.22. The van der Waals surface area contributed by atoms with E-state index in [-0.39, 0.29) is 11.6 Å². The molecule has 76 valence electrons. The van der Waals surface area contributed by atoms with E-state index in [9.17, 15) is 4.39 Å². The summed E-state index contributed by atoms with van der Waals surface area (Å²) in [5.74, 6) is 0.254. The van der Waals surface area contributed by atoms with Gasteiger partial charge in [0.25, 0.3) is 0 Å². The van der Waals surface area contributed by atoms with Crippen molar-refractivity contribution in [3.8, 4) is 5.75 Å². The summed E-state index contributed by atoms with van der Waals surface area (Å²) in [6.07, 6.45) is 0. The number of methoxy groups -OCH3 is 1. The van der Waals surface area contributed by atoms with Gasteiger partial charge in [0, 0.05) is 5.92 Å².